The fraction of sp³-hybridized carbons (Fsp3) is 0.538. The van der Waals surface area contributed by atoms with Gasteiger partial charge in [-0.15, -0.1) is 17.0 Å². The molecule has 0 bridgehead atoms. The zero-order valence-corrected chi connectivity index (χ0v) is 11.8. The van der Waals surface area contributed by atoms with Crippen LogP contribution in [0.25, 0.3) is 0 Å². The van der Waals surface area contributed by atoms with E-state index in [0.29, 0.717) is 6.04 Å². The summed E-state index contributed by atoms with van der Waals surface area (Å²) in [7, 11) is 0. The summed E-state index contributed by atoms with van der Waals surface area (Å²) in [6, 6.07) is 8.95. The minimum Gasteiger partial charge on any atom is -0.395 e. The summed E-state index contributed by atoms with van der Waals surface area (Å²) in [4.78, 5) is 2.30. The Bertz CT molecular complexity index is 365. The van der Waals surface area contributed by atoms with Gasteiger partial charge in [0.25, 0.3) is 0 Å². The molecule has 0 radical (unpaired) electrons. The highest BCUT2D eigenvalue weighted by atomic mass is 79.9. The van der Waals surface area contributed by atoms with Crippen LogP contribution in [0.2, 0.25) is 0 Å². The van der Waals surface area contributed by atoms with Crippen molar-refractivity contribution in [3.8, 4) is 0 Å². The molecule has 1 N–H and O–H groups in total. The van der Waals surface area contributed by atoms with Gasteiger partial charge in [-0.25, -0.2) is 0 Å². The predicted molar refractivity (Wildman–Crippen MR) is 73.7 cm³/mol. The lowest BCUT2D eigenvalue weighted by molar-refractivity contribution is 0.293. The van der Waals surface area contributed by atoms with Gasteiger partial charge in [0.15, 0.2) is 0 Å². The number of anilines is 1. The molecule has 3 heteroatoms. The number of hydrogen-bond donors (Lipinski definition) is 1. The van der Waals surface area contributed by atoms with Gasteiger partial charge in [-0.3, -0.25) is 0 Å². The monoisotopic (exact) mass is 285 g/mol. The maximum atomic E-state index is 9.10. The number of hydrogen-bond acceptors (Lipinski definition) is 2. The molecule has 0 spiro atoms. The lowest BCUT2D eigenvalue weighted by atomic mass is 9.81. The van der Waals surface area contributed by atoms with Crippen molar-refractivity contribution >= 4 is 22.7 Å². The van der Waals surface area contributed by atoms with Crippen molar-refractivity contribution in [3.05, 3.63) is 29.8 Å². The van der Waals surface area contributed by atoms with Crippen LogP contribution in [0.5, 0.6) is 0 Å². The Morgan fingerprint density at radius 1 is 1.31 bits per heavy atom. The van der Waals surface area contributed by atoms with Gasteiger partial charge in [0.2, 0.25) is 0 Å². The maximum absolute atomic E-state index is 9.10. The number of β-amino-alcohol motifs (C(OH)–C–C–N with tert-alkyl or cyclic N) is 1. The minimum atomic E-state index is 0. The molecule has 1 aromatic carbocycles. The molecule has 0 saturated carbocycles. The van der Waals surface area contributed by atoms with Gasteiger partial charge in [0.1, 0.15) is 0 Å². The molecule has 1 atom stereocenters. The first-order valence-corrected chi connectivity index (χ1v) is 5.56. The number of rotatable bonds is 2. The van der Waals surface area contributed by atoms with Gasteiger partial charge >= 0.3 is 0 Å². The Kier molecular flexibility index (Phi) is 4.02. The molecule has 90 valence electrons. The number of aliphatic hydroxyl groups excluding tert-OH is 1. The van der Waals surface area contributed by atoms with E-state index in [4.69, 9.17) is 5.11 Å². The second-order valence-corrected chi connectivity index (χ2v) is 4.83. The number of benzene rings is 1. The molecule has 0 amide bonds. The fourth-order valence-electron chi connectivity index (χ4n) is 2.51. The third kappa shape index (κ3) is 1.87. The van der Waals surface area contributed by atoms with Gasteiger partial charge in [0.05, 0.1) is 6.61 Å². The molecule has 0 fully saturated rings. The van der Waals surface area contributed by atoms with E-state index in [1.165, 1.54) is 11.3 Å². The Morgan fingerprint density at radius 3 is 2.56 bits per heavy atom. The van der Waals surface area contributed by atoms with E-state index < -0.39 is 0 Å². The Labute approximate surface area is 108 Å². The van der Waals surface area contributed by atoms with Crippen molar-refractivity contribution in [3.63, 3.8) is 0 Å². The largest absolute Gasteiger partial charge is 0.395 e. The van der Waals surface area contributed by atoms with Gasteiger partial charge < -0.3 is 10.0 Å². The summed E-state index contributed by atoms with van der Waals surface area (Å²) >= 11 is 0. The molecule has 2 nitrogen and oxygen atoms in total. The van der Waals surface area contributed by atoms with Crippen LogP contribution in [0.1, 0.15) is 26.3 Å². The molecule has 0 aromatic heterocycles. The van der Waals surface area contributed by atoms with E-state index in [1.807, 2.05) is 0 Å². The zero-order valence-electron chi connectivity index (χ0n) is 10.1. The molecule has 1 aliphatic heterocycles. The summed E-state index contributed by atoms with van der Waals surface area (Å²) in [6.07, 6.45) is 0. The van der Waals surface area contributed by atoms with E-state index in [-0.39, 0.29) is 29.0 Å². The second kappa shape index (κ2) is 4.76. The third-order valence-electron chi connectivity index (χ3n) is 3.76. The first kappa shape index (κ1) is 13.5. The van der Waals surface area contributed by atoms with Crippen LogP contribution in [-0.4, -0.2) is 24.3 Å². The fourth-order valence-corrected chi connectivity index (χ4v) is 2.51. The SMILES string of the molecule is Br.CC1N(CCO)c2ccccc2C1(C)C. The number of para-hydroxylation sites is 1. The van der Waals surface area contributed by atoms with Crippen LogP contribution in [0.4, 0.5) is 5.69 Å². The molecule has 1 heterocycles. The third-order valence-corrected chi connectivity index (χ3v) is 3.76. The van der Waals surface area contributed by atoms with Crippen molar-refractivity contribution in [2.75, 3.05) is 18.1 Å². The Balaban J connectivity index is 0.00000128. The van der Waals surface area contributed by atoms with E-state index in [1.54, 1.807) is 0 Å². The highest BCUT2D eigenvalue weighted by Crippen LogP contribution is 2.44. The van der Waals surface area contributed by atoms with Crippen LogP contribution < -0.4 is 4.90 Å². The standard InChI is InChI=1S/C13H19NO.BrH/c1-10-13(2,3)11-6-4-5-7-12(11)14(10)8-9-15;/h4-7,10,15H,8-9H2,1-3H3;1H. The molecule has 2 rings (SSSR count). The molecular formula is C13H20BrNO. The first-order valence-electron chi connectivity index (χ1n) is 5.56. The van der Waals surface area contributed by atoms with Crippen molar-refractivity contribution in [2.45, 2.75) is 32.2 Å². The zero-order chi connectivity index (χ0) is 11.1. The second-order valence-electron chi connectivity index (χ2n) is 4.83. The molecule has 0 saturated heterocycles. The molecule has 1 aliphatic rings. The van der Waals surface area contributed by atoms with Crippen LogP contribution >= 0.6 is 17.0 Å². The first-order chi connectivity index (χ1) is 7.09. The number of halogens is 1. The lowest BCUT2D eigenvalue weighted by Crippen LogP contribution is -2.40. The summed E-state index contributed by atoms with van der Waals surface area (Å²) < 4.78 is 0. The van der Waals surface area contributed by atoms with Gasteiger partial charge in [0, 0.05) is 23.7 Å². The number of fused-ring (bicyclic) bond motifs is 1. The average molecular weight is 286 g/mol. The van der Waals surface area contributed by atoms with Crippen LogP contribution in [0, 0.1) is 0 Å². The van der Waals surface area contributed by atoms with E-state index in [0.717, 1.165) is 6.54 Å². The minimum absolute atomic E-state index is 0. The maximum Gasteiger partial charge on any atom is 0.0606 e. The van der Waals surface area contributed by atoms with Crippen LogP contribution in [0.3, 0.4) is 0 Å². The summed E-state index contributed by atoms with van der Waals surface area (Å²) in [6.45, 7) is 7.72. The van der Waals surface area contributed by atoms with Gasteiger partial charge in [-0.05, 0) is 18.6 Å². The van der Waals surface area contributed by atoms with E-state index >= 15 is 0 Å². The summed E-state index contributed by atoms with van der Waals surface area (Å²) in [5.74, 6) is 0. The van der Waals surface area contributed by atoms with Crippen molar-refractivity contribution in [2.24, 2.45) is 0 Å². The van der Waals surface area contributed by atoms with E-state index in [9.17, 15) is 0 Å². The molecule has 0 aliphatic carbocycles. The quantitative estimate of drug-likeness (QED) is 0.903. The smallest absolute Gasteiger partial charge is 0.0606 e. The average Bonchev–Trinajstić information content (AvgIpc) is 2.42. The molecule has 1 unspecified atom stereocenters. The Hall–Kier alpha value is -0.540. The van der Waals surface area contributed by atoms with Crippen LogP contribution in [-0.2, 0) is 5.41 Å². The molecular weight excluding hydrogens is 266 g/mol. The van der Waals surface area contributed by atoms with Crippen molar-refractivity contribution < 1.29 is 5.11 Å². The normalized spacial score (nSPS) is 21.5. The van der Waals surface area contributed by atoms with Crippen LogP contribution in [0.15, 0.2) is 24.3 Å². The highest BCUT2D eigenvalue weighted by Gasteiger charge is 2.40. The van der Waals surface area contributed by atoms with Crippen molar-refractivity contribution in [1.29, 1.82) is 0 Å². The molecule has 1 aromatic rings. The highest BCUT2D eigenvalue weighted by molar-refractivity contribution is 8.93. The van der Waals surface area contributed by atoms with Gasteiger partial charge in [-0.1, -0.05) is 32.0 Å². The summed E-state index contributed by atoms with van der Waals surface area (Å²) in [5.41, 5.74) is 2.85. The van der Waals surface area contributed by atoms with Crippen molar-refractivity contribution in [1.82, 2.24) is 0 Å². The number of aliphatic hydroxyl groups is 1. The number of nitrogens with zero attached hydrogens (tertiary/aromatic N) is 1. The van der Waals surface area contributed by atoms with Gasteiger partial charge in [-0.2, -0.15) is 0 Å². The molecule has 16 heavy (non-hydrogen) atoms. The summed E-state index contributed by atoms with van der Waals surface area (Å²) in [5, 5.41) is 9.10. The lowest BCUT2D eigenvalue weighted by Gasteiger charge is -2.31. The topological polar surface area (TPSA) is 23.5 Å². The van der Waals surface area contributed by atoms with E-state index in [2.05, 4.69) is 49.9 Å². The predicted octanol–water partition coefficient (Wildman–Crippen LogP) is 2.74. The Morgan fingerprint density at radius 2 is 1.94 bits per heavy atom.